The van der Waals surface area contributed by atoms with Gasteiger partial charge in [-0.1, -0.05) is 109 Å². The quantitative estimate of drug-likeness (QED) is 0.184. The van der Waals surface area contributed by atoms with Crippen LogP contribution in [0.25, 0.3) is 91.7 Å². The first-order valence-corrected chi connectivity index (χ1v) is 16.5. The molecule has 0 spiro atoms. The van der Waals surface area contributed by atoms with Crippen molar-refractivity contribution in [3.8, 4) is 28.1 Å². The van der Waals surface area contributed by atoms with E-state index in [1.807, 2.05) is 11.3 Å². The highest BCUT2D eigenvalue weighted by Crippen LogP contribution is 2.43. The van der Waals surface area contributed by atoms with Gasteiger partial charge in [-0.2, -0.15) is 0 Å². The Morgan fingerprint density at radius 1 is 0.435 bits per heavy atom. The van der Waals surface area contributed by atoms with Crippen molar-refractivity contribution in [2.24, 2.45) is 0 Å². The fourth-order valence-corrected chi connectivity index (χ4v) is 8.54. The summed E-state index contributed by atoms with van der Waals surface area (Å²) in [5.74, 6) is 0. The van der Waals surface area contributed by atoms with Crippen molar-refractivity contribution >= 4 is 75.0 Å². The van der Waals surface area contributed by atoms with E-state index >= 15 is 0 Å². The van der Waals surface area contributed by atoms with Crippen LogP contribution in [0.2, 0.25) is 0 Å². The molecule has 0 aliphatic rings. The van der Waals surface area contributed by atoms with Crippen LogP contribution in [0.15, 0.2) is 158 Å². The zero-order valence-electron chi connectivity index (χ0n) is 24.8. The molecule has 0 N–H and O–H groups in total. The summed E-state index contributed by atoms with van der Waals surface area (Å²) < 4.78 is 5.04. The first-order chi connectivity index (χ1) is 22.8. The van der Waals surface area contributed by atoms with Crippen LogP contribution >= 0.6 is 11.3 Å². The number of aromatic nitrogens is 2. The standard InChI is InChI=1S/C43H26N2S/c1-2-14-29(15-3-1)45-39-22-8-5-17-32(39)36-25-37-35(26-40(36)45)31-16-4-7-21-38(31)44-42(37)28-13-10-12-27(24-28)30-19-11-20-34-33-18-6-9-23-41(33)46-43(30)34/h1-26H. The molecule has 2 nitrogen and oxygen atoms in total. The second-order valence-electron chi connectivity index (χ2n) is 11.9. The van der Waals surface area contributed by atoms with Crippen LogP contribution in [0.4, 0.5) is 0 Å². The lowest BCUT2D eigenvalue weighted by molar-refractivity contribution is 1.18. The minimum absolute atomic E-state index is 1.00. The SMILES string of the molecule is c1ccc(-n2c3ccccc3c3cc4c(-c5cccc(-c6cccc7c6sc6ccccc67)c5)nc5ccccc5c4cc32)cc1. The highest BCUT2D eigenvalue weighted by atomic mass is 32.1. The van der Waals surface area contributed by atoms with E-state index in [0.717, 1.165) is 22.5 Å². The van der Waals surface area contributed by atoms with Gasteiger partial charge in [0.2, 0.25) is 0 Å². The molecule has 3 aromatic heterocycles. The van der Waals surface area contributed by atoms with Crippen LogP contribution in [0.3, 0.4) is 0 Å². The van der Waals surface area contributed by atoms with Gasteiger partial charge in [0.05, 0.1) is 22.2 Å². The fourth-order valence-electron chi connectivity index (χ4n) is 7.30. The molecule has 214 valence electrons. The molecule has 10 aromatic rings. The lowest BCUT2D eigenvalue weighted by Crippen LogP contribution is -1.94. The minimum Gasteiger partial charge on any atom is -0.309 e. The van der Waals surface area contributed by atoms with Crippen LogP contribution in [-0.2, 0) is 0 Å². The number of thiophene rings is 1. The Balaban J connectivity index is 1.27. The monoisotopic (exact) mass is 602 g/mol. The van der Waals surface area contributed by atoms with Gasteiger partial charge in [-0.15, -0.1) is 11.3 Å². The van der Waals surface area contributed by atoms with Gasteiger partial charge in [-0.05, 0) is 65.0 Å². The van der Waals surface area contributed by atoms with Gasteiger partial charge >= 0.3 is 0 Å². The molecule has 7 aromatic carbocycles. The first kappa shape index (κ1) is 25.5. The number of hydrogen-bond donors (Lipinski definition) is 0. The second kappa shape index (κ2) is 9.87. The Morgan fingerprint density at radius 2 is 1.15 bits per heavy atom. The molecule has 0 unspecified atom stereocenters. The predicted octanol–water partition coefficient (Wildman–Crippen LogP) is 12.2. The number of nitrogens with zero attached hydrogens (tertiary/aromatic N) is 2. The van der Waals surface area contributed by atoms with Crippen LogP contribution < -0.4 is 0 Å². The van der Waals surface area contributed by atoms with Crippen LogP contribution in [0, 0.1) is 0 Å². The zero-order valence-corrected chi connectivity index (χ0v) is 25.6. The van der Waals surface area contributed by atoms with Crippen LogP contribution in [0.5, 0.6) is 0 Å². The molecule has 0 atom stereocenters. The molecule has 3 heterocycles. The van der Waals surface area contributed by atoms with Crippen molar-refractivity contribution in [2.45, 2.75) is 0 Å². The molecule has 0 aliphatic carbocycles. The van der Waals surface area contributed by atoms with E-state index in [1.165, 1.54) is 69.3 Å². The number of hydrogen-bond acceptors (Lipinski definition) is 2. The average molecular weight is 603 g/mol. The van der Waals surface area contributed by atoms with Crippen molar-refractivity contribution in [3.63, 3.8) is 0 Å². The van der Waals surface area contributed by atoms with Gasteiger partial charge in [0.25, 0.3) is 0 Å². The molecule has 46 heavy (non-hydrogen) atoms. The Bertz CT molecular complexity index is 2800. The minimum atomic E-state index is 1.00. The van der Waals surface area contributed by atoms with Gasteiger partial charge in [-0.3, -0.25) is 0 Å². The summed E-state index contributed by atoms with van der Waals surface area (Å²) in [7, 11) is 0. The molecule has 10 rings (SSSR count). The summed E-state index contributed by atoms with van der Waals surface area (Å²) in [6, 6.07) is 57.1. The van der Waals surface area contributed by atoms with Crippen molar-refractivity contribution in [1.29, 1.82) is 0 Å². The van der Waals surface area contributed by atoms with Gasteiger partial charge in [-0.25, -0.2) is 4.98 Å². The highest BCUT2D eigenvalue weighted by Gasteiger charge is 2.18. The van der Waals surface area contributed by atoms with Crippen molar-refractivity contribution in [2.75, 3.05) is 0 Å². The van der Waals surface area contributed by atoms with Crippen LogP contribution in [0.1, 0.15) is 0 Å². The Labute approximate surface area is 269 Å². The van der Waals surface area contributed by atoms with Gasteiger partial charge < -0.3 is 4.57 Å². The van der Waals surface area contributed by atoms with Gasteiger partial charge in [0.15, 0.2) is 0 Å². The lowest BCUT2D eigenvalue weighted by Gasteiger charge is -2.13. The second-order valence-corrected chi connectivity index (χ2v) is 13.0. The molecule has 0 aliphatic heterocycles. The van der Waals surface area contributed by atoms with E-state index in [4.69, 9.17) is 4.98 Å². The average Bonchev–Trinajstić information content (AvgIpc) is 3.66. The zero-order chi connectivity index (χ0) is 30.2. The first-order valence-electron chi connectivity index (χ1n) is 15.6. The number of benzene rings is 7. The summed E-state index contributed by atoms with van der Waals surface area (Å²) in [6.45, 7) is 0. The summed E-state index contributed by atoms with van der Waals surface area (Å²) in [4.78, 5) is 5.35. The molecular formula is C43H26N2S. The molecule has 0 bridgehead atoms. The number of fused-ring (bicyclic) bond motifs is 9. The van der Waals surface area contributed by atoms with Crippen molar-refractivity contribution in [1.82, 2.24) is 9.55 Å². The number of pyridine rings is 1. The number of rotatable bonds is 3. The van der Waals surface area contributed by atoms with E-state index < -0.39 is 0 Å². The molecule has 3 heteroatoms. The summed E-state index contributed by atoms with van der Waals surface area (Å²) in [5, 5.41) is 8.66. The topological polar surface area (TPSA) is 17.8 Å². The maximum atomic E-state index is 5.35. The van der Waals surface area contributed by atoms with Crippen molar-refractivity contribution < 1.29 is 0 Å². The normalized spacial score (nSPS) is 11.9. The molecule has 0 amide bonds. The van der Waals surface area contributed by atoms with E-state index in [2.05, 4.69) is 162 Å². The fraction of sp³-hybridized carbons (Fsp3) is 0. The maximum absolute atomic E-state index is 5.35. The van der Waals surface area contributed by atoms with Crippen LogP contribution in [-0.4, -0.2) is 9.55 Å². The maximum Gasteiger partial charge on any atom is 0.0788 e. The molecule has 0 fully saturated rings. The van der Waals surface area contributed by atoms with E-state index in [0.29, 0.717) is 0 Å². The molecule has 0 saturated heterocycles. The lowest BCUT2D eigenvalue weighted by atomic mass is 9.95. The molecule has 0 saturated carbocycles. The smallest absolute Gasteiger partial charge is 0.0788 e. The third-order valence-corrected chi connectivity index (χ3v) is 10.6. The number of para-hydroxylation sites is 3. The van der Waals surface area contributed by atoms with E-state index in [1.54, 1.807) is 0 Å². The van der Waals surface area contributed by atoms with Crippen molar-refractivity contribution in [3.05, 3.63) is 158 Å². The Hall–Kier alpha value is -5.77. The third-order valence-electron chi connectivity index (χ3n) is 9.36. The summed E-state index contributed by atoms with van der Waals surface area (Å²) in [6.07, 6.45) is 0. The van der Waals surface area contributed by atoms with Gasteiger partial charge in [0, 0.05) is 53.0 Å². The van der Waals surface area contributed by atoms with E-state index in [-0.39, 0.29) is 0 Å². The summed E-state index contributed by atoms with van der Waals surface area (Å²) in [5.41, 5.74) is 9.18. The van der Waals surface area contributed by atoms with Gasteiger partial charge in [0.1, 0.15) is 0 Å². The third kappa shape index (κ3) is 3.73. The largest absolute Gasteiger partial charge is 0.309 e. The predicted molar refractivity (Wildman–Crippen MR) is 197 cm³/mol. The molecule has 0 radical (unpaired) electrons. The Kier molecular flexibility index (Phi) is 5.48. The molecular weight excluding hydrogens is 577 g/mol. The van der Waals surface area contributed by atoms with E-state index in [9.17, 15) is 0 Å². The highest BCUT2D eigenvalue weighted by molar-refractivity contribution is 7.26. The summed E-state index contributed by atoms with van der Waals surface area (Å²) >= 11 is 1.87. The Morgan fingerprint density at radius 3 is 2.07 bits per heavy atom.